The molecule has 0 unspecified atom stereocenters. The fourth-order valence-corrected chi connectivity index (χ4v) is 0.987. The molecule has 0 aliphatic heterocycles. The van der Waals surface area contributed by atoms with E-state index in [0.717, 1.165) is 12.1 Å². The van der Waals surface area contributed by atoms with Gasteiger partial charge in [-0.1, -0.05) is 0 Å². The molecule has 1 rings (SSSR count). The van der Waals surface area contributed by atoms with Gasteiger partial charge in [0.2, 0.25) is 0 Å². The number of hydrogen-bond donors (Lipinski definition) is 1. The van der Waals surface area contributed by atoms with Gasteiger partial charge < -0.3 is 9.84 Å². The van der Waals surface area contributed by atoms with Gasteiger partial charge in [0.25, 0.3) is 0 Å². The van der Waals surface area contributed by atoms with Crippen LogP contribution < -0.4 is 4.74 Å². The maximum Gasteiger partial charge on any atom is 0.387 e. The topological polar surface area (TPSA) is 41.8 Å². The third-order valence-corrected chi connectivity index (χ3v) is 1.57. The van der Waals surface area contributed by atoms with Gasteiger partial charge in [0.15, 0.2) is 11.6 Å². The summed E-state index contributed by atoms with van der Waals surface area (Å²) in [5.41, 5.74) is 0.0941. The fourth-order valence-electron chi connectivity index (χ4n) is 0.987. The number of rotatable bonds is 3. The van der Waals surface area contributed by atoms with Crippen molar-refractivity contribution in [2.24, 2.45) is 4.99 Å². The smallest absolute Gasteiger partial charge is 0.387 e. The van der Waals surface area contributed by atoms with E-state index in [1.807, 2.05) is 0 Å². The number of halogens is 3. The van der Waals surface area contributed by atoms with Crippen molar-refractivity contribution >= 4 is 6.21 Å². The number of aliphatic imine (C=N–C) groups is 1. The third kappa shape index (κ3) is 2.87. The second kappa shape index (κ2) is 4.68. The van der Waals surface area contributed by atoms with E-state index in [1.165, 1.54) is 13.3 Å². The van der Waals surface area contributed by atoms with Crippen LogP contribution in [0.4, 0.5) is 13.2 Å². The number of aromatic hydroxyl groups is 1. The summed E-state index contributed by atoms with van der Waals surface area (Å²) in [6, 6.07) is 1.64. The second-order valence-corrected chi connectivity index (χ2v) is 2.61. The van der Waals surface area contributed by atoms with Crippen LogP contribution in [0.3, 0.4) is 0 Å². The highest BCUT2D eigenvalue weighted by molar-refractivity contribution is 5.83. The lowest BCUT2D eigenvalue weighted by molar-refractivity contribution is -0.0522. The lowest BCUT2D eigenvalue weighted by Crippen LogP contribution is -2.04. The lowest BCUT2D eigenvalue weighted by atomic mass is 10.2. The van der Waals surface area contributed by atoms with E-state index in [1.54, 1.807) is 0 Å². The summed E-state index contributed by atoms with van der Waals surface area (Å²) in [5.74, 6) is -2.06. The average molecular weight is 219 g/mol. The van der Waals surface area contributed by atoms with Crippen LogP contribution in [0, 0.1) is 5.82 Å². The van der Waals surface area contributed by atoms with Gasteiger partial charge in [-0.3, -0.25) is 4.99 Å². The standard InChI is InChI=1S/C9H8F3NO2/c1-13-4-5-2-6(10)8(3-7(5)14)15-9(11)12/h2-4,9,14H,1H3/b13-4+. The van der Waals surface area contributed by atoms with Crippen molar-refractivity contribution in [3.63, 3.8) is 0 Å². The first kappa shape index (κ1) is 11.4. The number of phenolic OH excluding ortho intramolecular Hbond substituents is 1. The third-order valence-electron chi connectivity index (χ3n) is 1.57. The Kier molecular flexibility index (Phi) is 3.54. The van der Waals surface area contributed by atoms with Crippen LogP contribution in [0.25, 0.3) is 0 Å². The molecule has 0 saturated carbocycles. The Bertz CT molecular complexity index is 380. The summed E-state index contributed by atoms with van der Waals surface area (Å²) >= 11 is 0. The summed E-state index contributed by atoms with van der Waals surface area (Å²) in [4.78, 5) is 3.56. The Morgan fingerprint density at radius 3 is 2.67 bits per heavy atom. The molecule has 1 aromatic carbocycles. The van der Waals surface area contributed by atoms with Gasteiger partial charge in [0, 0.05) is 24.9 Å². The first-order valence-electron chi connectivity index (χ1n) is 3.94. The highest BCUT2D eigenvalue weighted by atomic mass is 19.3. The molecule has 3 nitrogen and oxygen atoms in total. The van der Waals surface area contributed by atoms with E-state index in [4.69, 9.17) is 0 Å². The van der Waals surface area contributed by atoms with Crippen LogP contribution in [0.5, 0.6) is 11.5 Å². The Balaban J connectivity index is 3.07. The van der Waals surface area contributed by atoms with Crippen molar-refractivity contribution in [3.05, 3.63) is 23.5 Å². The van der Waals surface area contributed by atoms with Crippen LogP contribution >= 0.6 is 0 Å². The number of alkyl halides is 2. The van der Waals surface area contributed by atoms with Crippen LogP contribution in [0.15, 0.2) is 17.1 Å². The highest BCUT2D eigenvalue weighted by Crippen LogP contribution is 2.27. The number of ether oxygens (including phenoxy) is 1. The van der Waals surface area contributed by atoms with E-state index >= 15 is 0 Å². The Hall–Kier alpha value is -1.72. The van der Waals surface area contributed by atoms with Gasteiger partial charge in [0.05, 0.1) is 0 Å². The molecule has 0 aromatic heterocycles. The minimum absolute atomic E-state index is 0.0941. The van der Waals surface area contributed by atoms with Crippen LogP contribution in [-0.4, -0.2) is 25.0 Å². The molecule has 0 spiro atoms. The molecule has 0 amide bonds. The van der Waals surface area contributed by atoms with Crippen molar-refractivity contribution in [1.82, 2.24) is 0 Å². The van der Waals surface area contributed by atoms with Gasteiger partial charge >= 0.3 is 6.61 Å². The molecule has 1 aromatic rings. The first-order chi connectivity index (χ1) is 7.04. The van der Waals surface area contributed by atoms with E-state index < -0.39 is 18.2 Å². The van der Waals surface area contributed by atoms with Gasteiger partial charge in [0.1, 0.15) is 5.75 Å². The Morgan fingerprint density at radius 2 is 2.13 bits per heavy atom. The molecule has 0 aliphatic rings. The predicted octanol–water partition coefficient (Wildman–Crippen LogP) is 2.18. The van der Waals surface area contributed by atoms with Crippen LogP contribution in [-0.2, 0) is 0 Å². The lowest BCUT2D eigenvalue weighted by Gasteiger charge is -2.07. The normalized spacial score (nSPS) is 11.3. The molecule has 1 N–H and O–H groups in total. The molecule has 6 heteroatoms. The van der Waals surface area contributed by atoms with E-state index in [-0.39, 0.29) is 11.3 Å². The zero-order valence-electron chi connectivity index (χ0n) is 7.75. The minimum atomic E-state index is -3.13. The summed E-state index contributed by atoms with van der Waals surface area (Å²) in [6.07, 6.45) is 1.20. The Morgan fingerprint density at radius 1 is 1.47 bits per heavy atom. The van der Waals surface area contributed by atoms with Crippen molar-refractivity contribution in [2.75, 3.05) is 7.05 Å². The Labute approximate surface area is 83.8 Å². The van der Waals surface area contributed by atoms with Crippen molar-refractivity contribution in [3.8, 4) is 11.5 Å². The van der Waals surface area contributed by atoms with Crippen molar-refractivity contribution in [1.29, 1.82) is 0 Å². The van der Waals surface area contributed by atoms with Gasteiger partial charge in [-0.2, -0.15) is 8.78 Å². The number of nitrogens with zero attached hydrogens (tertiary/aromatic N) is 1. The highest BCUT2D eigenvalue weighted by Gasteiger charge is 2.13. The van der Waals surface area contributed by atoms with Crippen molar-refractivity contribution in [2.45, 2.75) is 6.61 Å². The number of phenols is 1. The molecule has 0 saturated heterocycles. The second-order valence-electron chi connectivity index (χ2n) is 2.61. The van der Waals surface area contributed by atoms with Gasteiger partial charge in [-0.05, 0) is 6.07 Å². The molecular weight excluding hydrogens is 211 g/mol. The molecule has 0 radical (unpaired) electrons. The molecule has 0 atom stereocenters. The maximum absolute atomic E-state index is 13.1. The average Bonchev–Trinajstić information content (AvgIpc) is 2.13. The SMILES string of the molecule is C/N=C/c1cc(F)c(OC(F)F)cc1O. The molecule has 0 bridgehead atoms. The molecule has 0 aliphatic carbocycles. The summed E-state index contributed by atoms with van der Waals surface area (Å²) < 4.78 is 40.5. The monoisotopic (exact) mass is 219 g/mol. The first-order valence-corrected chi connectivity index (χ1v) is 3.94. The molecular formula is C9H8F3NO2. The van der Waals surface area contributed by atoms with E-state index in [0.29, 0.717) is 0 Å². The van der Waals surface area contributed by atoms with Crippen LogP contribution in [0.1, 0.15) is 5.56 Å². The summed E-state index contributed by atoms with van der Waals surface area (Å²) in [6.45, 7) is -3.13. The van der Waals surface area contributed by atoms with E-state index in [2.05, 4.69) is 9.73 Å². The number of benzene rings is 1. The van der Waals surface area contributed by atoms with Gasteiger partial charge in [-0.15, -0.1) is 0 Å². The molecule has 82 valence electrons. The predicted molar refractivity (Wildman–Crippen MR) is 48.2 cm³/mol. The van der Waals surface area contributed by atoms with Crippen molar-refractivity contribution < 1.29 is 23.0 Å². The number of hydrogen-bond acceptors (Lipinski definition) is 3. The summed E-state index contributed by atoms with van der Waals surface area (Å²) in [7, 11) is 1.43. The summed E-state index contributed by atoms with van der Waals surface area (Å²) in [5, 5.41) is 9.28. The maximum atomic E-state index is 13.1. The quantitative estimate of drug-likeness (QED) is 0.791. The fraction of sp³-hybridized carbons (Fsp3) is 0.222. The largest absolute Gasteiger partial charge is 0.507 e. The van der Waals surface area contributed by atoms with E-state index in [9.17, 15) is 18.3 Å². The molecule has 0 fully saturated rings. The molecule has 15 heavy (non-hydrogen) atoms. The van der Waals surface area contributed by atoms with Gasteiger partial charge in [-0.25, -0.2) is 4.39 Å². The molecule has 0 heterocycles. The minimum Gasteiger partial charge on any atom is -0.507 e. The zero-order valence-corrected chi connectivity index (χ0v) is 7.75. The zero-order chi connectivity index (χ0) is 11.4. The van der Waals surface area contributed by atoms with Crippen LogP contribution in [0.2, 0.25) is 0 Å².